The van der Waals surface area contributed by atoms with E-state index in [2.05, 4.69) is 5.32 Å². The van der Waals surface area contributed by atoms with Crippen molar-refractivity contribution in [2.45, 2.75) is 19.8 Å². The van der Waals surface area contributed by atoms with Gasteiger partial charge in [-0.05, 0) is 6.42 Å². The maximum Gasteiger partial charge on any atom is 1.00 e. The minimum atomic E-state index is -1.01. The number of nitrogens with one attached hydrogen (secondary N) is 1. The first-order chi connectivity index (χ1) is 4.66. The van der Waals surface area contributed by atoms with Crippen molar-refractivity contribution in [3.05, 3.63) is 0 Å². The van der Waals surface area contributed by atoms with Gasteiger partial charge >= 0.3 is 35.5 Å². The standard InChI is InChI=1S/C6H11NO3.Na.H/c1-2-3-5(8)7-4-6(9)10;;/h2-4H2,1H3,(H,7,8)(H,9,10);;/q;+1;-1. The van der Waals surface area contributed by atoms with Crippen molar-refractivity contribution in [1.82, 2.24) is 5.32 Å². The molecule has 0 aromatic rings. The predicted molar refractivity (Wildman–Crippen MR) is 36.7 cm³/mol. The molecular weight excluding hydrogens is 157 g/mol. The second-order valence-corrected chi connectivity index (χ2v) is 1.92. The van der Waals surface area contributed by atoms with Gasteiger partial charge in [-0.15, -0.1) is 0 Å². The number of carboxylic acids is 1. The van der Waals surface area contributed by atoms with Crippen LogP contribution in [0.5, 0.6) is 0 Å². The summed E-state index contributed by atoms with van der Waals surface area (Å²) in [6.45, 7) is 1.58. The number of carbonyl (C=O) groups is 2. The molecule has 4 nitrogen and oxygen atoms in total. The summed E-state index contributed by atoms with van der Waals surface area (Å²) < 4.78 is 0. The summed E-state index contributed by atoms with van der Waals surface area (Å²) >= 11 is 0. The third-order valence-corrected chi connectivity index (χ3v) is 0.914. The molecule has 0 saturated heterocycles. The zero-order valence-corrected chi connectivity index (χ0v) is 8.89. The van der Waals surface area contributed by atoms with E-state index >= 15 is 0 Å². The van der Waals surface area contributed by atoms with Gasteiger partial charge in [0, 0.05) is 6.42 Å². The van der Waals surface area contributed by atoms with Gasteiger partial charge in [-0.2, -0.15) is 0 Å². The topological polar surface area (TPSA) is 66.4 Å². The molecule has 0 saturated carbocycles. The largest absolute Gasteiger partial charge is 1.00 e. The Labute approximate surface area is 89.1 Å². The minimum Gasteiger partial charge on any atom is -1.00 e. The summed E-state index contributed by atoms with van der Waals surface area (Å²) in [6.07, 6.45) is 1.14. The maximum absolute atomic E-state index is 10.6. The molecule has 0 aliphatic heterocycles. The first kappa shape index (κ1) is 13.5. The van der Waals surface area contributed by atoms with E-state index in [1.807, 2.05) is 6.92 Å². The molecule has 0 rings (SSSR count). The molecule has 5 heteroatoms. The SMILES string of the molecule is CCCC(=O)NCC(=O)O.[H-].[Na+]. The second kappa shape index (κ2) is 8.04. The van der Waals surface area contributed by atoms with Crippen LogP contribution >= 0.6 is 0 Å². The summed E-state index contributed by atoms with van der Waals surface area (Å²) in [5, 5.41) is 10.4. The minimum absolute atomic E-state index is 0. The molecule has 0 spiro atoms. The molecule has 1 amide bonds. The van der Waals surface area contributed by atoms with Gasteiger partial charge in [0.05, 0.1) is 0 Å². The Balaban J connectivity index is -0.000000405. The van der Waals surface area contributed by atoms with E-state index < -0.39 is 5.97 Å². The molecule has 0 heterocycles. The van der Waals surface area contributed by atoms with Gasteiger partial charge in [-0.1, -0.05) is 6.92 Å². The fraction of sp³-hybridized carbons (Fsp3) is 0.667. The van der Waals surface area contributed by atoms with E-state index in [0.29, 0.717) is 6.42 Å². The molecular formula is C6H12NNaO3. The molecule has 0 unspecified atom stereocenters. The first-order valence-corrected chi connectivity index (χ1v) is 3.15. The van der Waals surface area contributed by atoms with Crippen LogP contribution in [0.3, 0.4) is 0 Å². The smallest absolute Gasteiger partial charge is 1.00 e. The van der Waals surface area contributed by atoms with Gasteiger partial charge in [0.2, 0.25) is 5.91 Å². The average molecular weight is 169 g/mol. The number of hydrogen-bond donors (Lipinski definition) is 2. The Bertz CT molecular complexity index is 143. The zero-order valence-electron chi connectivity index (χ0n) is 7.89. The Hall–Kier alpha value is -0.0600. The van der Waals surface area contributed by atoms with E-state index in [-0.39, 0.29) is 43.4 Å². The van der Waals surface area contributed by atoms with E-state index in [0.717, 1.165) is 6.42 Å². The van der Waals surface area contributed by atoms with Crippen molar-refractivity contribution in [2.75, 3.05) is 6.54 Å². The Kier molecular flexibility index (Phi) is 9.89. The number of carbonyl (C=O) groups excluding carboxylic acids is 1. The van der Waals surface area contributed by atoms with Crippen LogP contribution in [0.1, 0.15) is 21.2 Å². The van der Waals surface area contributed by atoms with Gasteiger partial charge < -0.3 is 11.8 Å². The molecule has 0 aliphatic rings. The van der Waals surface area contributed by atoms with Crippen molar-refractivity contribution >= 4 is 11.9 Å². The number of amides is 1. The van der Waals surface area contributed by atoms with Crippen LogP contribution in [-0.2, 0) is 9.59 Å². The van der Waals surface area contributed by atoms with E-state index in [4.69, 9.17) is 5.11 Å². The molecule has 0 aromatic heterocycles. The molecule has 0 radical (unpaired) electrons. The van der Waals surface area contributed by atoms with Gasteiger partial charge in [0.15, 0.2) is 0 Å². The fourth-order valence-corrected chi connectivity index (χ4v) is 0.490. The third-order valence-electron chi connectivity index (χ3n) is 0.914. The Morgan fingerprint density at radius 3 is 2.45 bits per heavy atom. The molecule has 2 N–H and O–H groups in total. The van der Waals surface area contributed by atoms with Crippen molar-refractivity contribution in [2.24, 2.45) is 0 Å². The third kappa shape index (κ3) is 9.94. The summed E-state index contributed by atoms with van der Waals surface area (Å²) in [7, 11) is 0. The average Bonchev–Trinajstić information content (AvgIpc) is 1.85. The number of rotatable bonds is 4. The van der Waals surface area contributed by atoms with Crippen molar-refractivity contribution in [3.63, 3.8) is 0 Å². The van der Waals surface area contributed by atoms with Crippen LogP contribution in [0.15, 0.2) is 0 Å². The molecule has 0 fully saturated rings. The molecule has 60 valence electrons. The summed E-state index contributed by atoms with van der Waals surface area (Å²) in [5.74, 6) is -1.21. The normalized spacial score (nSPS) is 8.09. The van der Waals surface area contributed by atoms with Crippen LogP contribution in [0.25, 0.3) is 0 Å². The maximum atomic E-state index is 10.6. The van der Waals surface area contributed by atoms with E-state index in [1.54, 1.807) is 0 Å². The van der Waals surface area contributed by atoms with E-state index in [9.17, 15) is 9.59 Å². The van der Waals surface area contributed by atoms with Crippen LogP contribution in [0, 0.1) is 0 Å². The van der Waals surface area contributed by atoms with E-state index in [1.165, 1.54) is 0 Å². The van der Waals surface area contributed by atoms with Gasteiger partial charge in [-0.25, -0.2) is 0 Å². The monoisotopic (exact) mass is 169 g/mol. The molecule has 11 heavy (non-hydrogen) atoms. The fourth-order valence-electron chi connectivity index (χ4n) is 0.490. The Morgan fingerprint density at radius 1 is 1.55 bits per heavy atom. The molecule has 0 aliphatic carbocycles. The van der Waals surface area contributed by atoms with Crippen molar-refractivity contribution < 1.29 is 45.7 Å². The summed E-state index contributed by atoms with van der Waals surface area (Å²) in [5.41, 5.74) is 0. The number of carboxylic acid groups (broad SMARTS) is 1. The van der Waals surface area contributed by atoms with Gasteiger partial charge in [0.25, 0.3) is 0 Å². The van der Waals surface area contributed by atoms with Gasteiger partial charge in [0.1, 0.15) is 6.54 Å². The molecule has 0 bridgehead atoms. The van der Waals surface area contributed by atoms with Gasteiger partial charge in [-0.3, -0.25) is 9.59 Å². The molecule has 0 aromatic carbocycles. The number of hydrogen-bond acceptors (Lipinski definition) is 2. The predicted octanol–water partition coefficient (Wildman–Crippen LogP) is -2.90. The van der Waals surface area contributed by atoms with Crippen LogP contribution in [0.4, 0.5) is 0 Å². The Morgan fingerprint density at radius 2 is 2.09 bits per heavy atom. The van der Waals surface area contributed by atoms with Crippen LogP contribution in [-0.4, -0.2) is 23.5 Å². The quantitative estimate of drug-likeness (QED) is 0.444. The van der Waals surface area contributed by atoms with Crippen molar-refractivity contribution in [3.8, 4) is 0 Å². The molecule has 0 atom stereocenters. The van der Waals surface area contributed by atoms with Crippen molar-refractivity contribution in [1.29, 1.82) is 0 Å². The first-order valence-electron chi connectivity index (χ1n) is 3.15. The number of aliphatic carboxylic acids is 1. The summed E-state index contributed by atoms with van der Waals surface area (Å²) in [4.78, 5) is 20.5. The second-order valence-electron chi connectivity index (χ2n) is 1.92. The summed E-state index contributed by atoms with van der Waals surface area (Å²) in [6, 6.07) is 0. The van der Waals surface area contributed by atoms with Crippen LogP contribution in [0.2, 0.25) is 0 Å². The van der Waals surface area contributed by atoms with Crippen LogP contribution < -0.4 is 34.9 Å². The zero-order chi connectivity index (χ0) is 7.98.